The van der Waals surface area contributed by atoms with Gasteiger partial charge >= 0.3 is 0 Å². The van der Waals surface area contributed by atoms with Crippen LogP contribution in [0.15, 0.2) is 12.3 Å². The van der Waals surface area contributed by atoms with Gasteiger partial charge in [0.1, 0.15) is 0 Å². The van der Waals surface area contributed by atoms with Crippen LogP contribution < -0.4 is 5.32 Å². The van der Waals surface area contributed by atoms with Gasteiger partial charge in [-0.25, -0.2) is 9.37 Å². The monoisotopic (exact) mass is 196 g/mol. The van der Waals surface area contributed by atoms with Crippen molar-refractivity contribution < 1.29 is 14.0 Å². The van der Waals surface area contributed by atoms with Gasteiger partial charge in [-0.15, -0.1) is 0 Å². The number of pyridine rings is 1. The van der Waals surface area contributed by atoms with Crippen LogP contribution in [0.4, 0.5) is 10.2 Å². The highest BCUT2D eigenvalue weighted by molar-refractivity contribution is 5.96. The number of hydrogen-bond acceptors (Lipinski definition) is 3. The third kappa shape index (κ3) is 2.12. The van der Waals surface area contributed by atoms with E-state index in [2.05, 4.69) is 10.3 Å². The molecule has 0 aliphatic heterocycles. The summed E-state index contributed by atoms with van der Waals surface area (Å²) in [4.78, 5) is 25.2. The smallest absolute Gasteiger partial charge is 0.222 e. The summed E-state index contributed by atoms with van der Waals surface area (Å²) in [5, 5.41) is 2.19. The van der Waals surface area contributed by atoms with Crippen LogP contribution in [-0.4, -0.2) is 16.7 Å². The van der Waals surface area contributed by atoms with Gasteiger partial charge in [-0.1, -0.05) is 0 Å². The molecule has 1 aromatic heterocycles. The maximum atomic E-state index is 13.4. The second-order valence-corrected chi connectivity index (χ2v) is 2.76. The Bertz CT molecular complexity index is 390. The summed E-state index contributed by atoms with van der Waals surface area (Å²) < 4.78 is 13.4. The van der Waals surface area contributed by atoms with Gasteiger partial charge in [-0.3, -0.25) is 9.59 Å². The lowest BCUT2D eigenvalue weighted by Crippen LogP contribution is -2.11. The van der Waals surface area contributed by atoms with E-state index in [-0.39, 0.29) is 11.4 Å². The maximum absolute atomic E-state index is 13.4. The van der Waals surface area contributed by atoms with Crippen LogP contribution in [0.2, 0.25) is 0 Å². The van der Waals surface area contributed by atoms with Crippen molar-refractivity contribution in [3.05, 3.63) is 23.6 Å². The largest absolute Gasteiger partial charge is 0.308 e. The van der Waals surface area contributed by atoms with Crippen LogP contribution in [0.5, 0.6) is 0 Å². The normalized spacial score (nSPS) is 9.64. The van der Waals surface area contributed by atoms with Gasteiger partial charge in [0.2, 0.25) is 5.91 Å². The molecule has 0 saturated carbocycles. The molecule has 0 saturated heterocycles. The molecule has 0 aliphatic rings. The zero-order chi connectivity index (χ0) is 10.7. The SMILES string of the molecule is CC(=O)Nc1nccc(C(C)=O)c1F. The Kier molecular flexibility index (Phi) is 2.91. The highest BCUT2D eigenvalue weighted by atomic mass is 19.1. The van der Waals surface area contributed by atoms with Crippen LogP contribution in [0.1, 0.15) is 24.2 Å². The molecule has 1 aromatic rings. The lowest BCUT2D eigenvalue weighted by molar-refractivity contribution is -0.114. The van der Waals surface area contributed by atoms with Crippen molar-refractivity contribution in [1.82, 2.24) is 4.98 Å². The summed E-state index contributed by atoms with van der Waals surface area (Å²) in [6.07, 6.45) is 1.27. The third-order valence-electron chi connectivity index (χ3n) is 1.56. The molecule has 0 radical (unpaired) electrons. The van der Waals surface area contributed by atoms with Crippen molar-refractivity contribution in [2.75, 3.05) is 5.32 Å². The first kappa shape index (κ1) is 10.3. The van der Waals surface area contributed by atoms with Gasteiger partial charge in [0.25, 0.3) is 0 Å². The average molecular weight is 196 g/mol. The Balaban J connectivity index is 3.13. The number of anilines is 1. The summed E-state index contributed by atoms with van der Waals surface area (Å²) in [5.41, 5.74) is -0.0799. The van der Waals surface area contributed by atoms with Gasteiger partial charge in [-0.2, -0.15) is 0 Å². The number of aromatic nitrogens is 1. The Labute approximate surface area is 80.1 Å². The number of carbonyl (C=O) groups excluding carboxylic acids is 2. The minimum absolute atomic E-state index is 0.0799. The Morgan fingerprint density at radius 3 is 2.57 bits per heavy atom. The number of amides is 1. The second-order valence-electron chi connectivity index (χ2n) is 2.76. The van der Waals surface area contributed by atoms with Crippen molar-refractivity contribution >= 4 is 17.5 Å². The van der Waals surface area contributed by atoms with Gasteiger partial charge in [0.05, 0.1) is 5.56 Å². The van der Waals surface area contributed by atoms with Gasteiger partial charge < -0.3 is 5.32 Å². The van der Waals surface area contributed by atoms with Crippen molar-refractivity contribution in [3.8, 4) is 0 Å². The minimum atomic E-state index is -0.796. The van der Waals surface area contributed by atoms with E-state index in [4.69, 9.17) is 0 Å². The van der Waals surface area contributed by atoms with Gasteiger partial charge in [0, 0.05) is 13.1 Å². The molecule has 1 rings (SSSR count). The predicted molar refractivity (Wildman–Crippen MR) is 48.5 cm³/mol. The number of nitrogens with zero attached hydrogens (tertiary/aromatic N) is 1. The summed E-state index contributed by atoms with van der Waals surface area (Å²) in [5.74, 6) is -1.85. The van der Waals surface area contributed by atoms with Crippen LogP contribution in [0.25, 0.3) is 0 Å². The molecule has 0 unspecified atom stereocenters. The lowest BCUT2D eigenvalue weighted by atomic mass is 10.2. The number of rotatable bonds is 2. The fourth-order valence-corrected chi connectivity index (χ4v) is 0.970. The fourth-order valence-electron chi connectivity index (χ4n) is 0.970. The van der Waals surface area contributed by atoms with Crippen molar-refractivity contribution in [1.29, 1.82) is 0 Å². The zero-order valence-corrected chi connectivity index (χ0v) is 7.80. The minimum Gasteiger partial charge on any atom is -0.308 e. The standard InChI is InChI=1S/C9H9FN2O2/c1-5(13)7-3-4-11-9(8(7)10)12-6(2)14/h3-4H,1-2H3,(H,11,12,14). The van der Waals surface area contributed by atoms with Crippen molar-refractivity contribution in [2.45, 2.75) is 13.8 Å². The van der Waals surface area contributed by atoms with E-state index in [0.717, 1.165) is 0 Å². The number of halogens is 1. The van der Waals surface area contributed by atoms with E-state index in [1.54, 1.807) is 0 Å². The van der Waals surface area contributed by atoms with E-state index >= 15 is 0 Å². The van der Waals surface area contributed by atoms with E-state index in [1.807, 2.05) is 0 Å². The highest BCUT2D eigenvalue weighted by Gasteiger charge is 2.13. The molecule has 14 heavy (non-hydrogen) atoms. The molecule has 0 aliphatic carbocycles. The molecule has 1 amide bonds. The van der Waals surface area contributed by atoms with Gasteiger partial charge in [-0.05, 0) is 13.0 Å². The molecule has 5 heteroatoms. The number of Topliss-reactive ketones (excluding diaryl/α,β-unsaturated/α-hetero) is 1. The van der Waals surface area contributed by atoms with Gasteiger partial charge in [0.15, 0.2) is 17.4 Å². The first-order chi connectivity index (χ1) is 6.52. The summed E-state index contributed by atoms with van der Waals surface area (Å²) in [6.45, 7) is 2.48. The lowest BCUT2D eigenvalue weighted by Gasteiger charge is -2.04. The molecule has 0 fully saturated rings. The maximum Gasteiger partial charge on any atom is 0.222 e. The zero-order valence-electron chi connectivity index (χ0n) is 7.80. The Morgan fingerprint density at radius 2 is 2.07 bits per heavy atom. The van der Waals surface area contributed by atoms with E-state index < -0.39 is 17.5 Å². The van der Waals surface area contributed by atoms with Crippen molar-refractivity contribution in [3.63, 3.8) is 0 Å². The molecule has 0 spiro atoms. The first-order valence-corrected chi connectivity index (χ1v) is 3.95. The van der Waals surface area contributed by atoms with E-state index in [9.17, 15) is 14.0 Å². The number of carbonyl (C=O) groups is 2. The molecule has 0 aromatic carbocycles. The highest BCUT2D eigenvalue weighted by Crippen LogP contribution is 2.15. The summed E-state index contributed by atoms with van der Waals surface area (Å²) in [6, 6.07) is 1.27. The molecule has 1 heterocycles. The van der Waals surface area contributed by atoms with Crippen LogP contribution in [0.3, 0.4) is 0 Å². The molecule has 4 nitrogen and oxygen atoms in total. The molecular weight excluding hydrogens is 187 g/mol. The van der Waals surface area contributed by atoms with Crippen LogP contribution in [-0.2, 0) is 4.79 Å². The number of ketones is 1. The number of hydrogen-bond donors (Lipinski definition) is 1. The molecular formula is C9H9FN2O2. The van der Waals surface area contributed by atoms with E-state index in [0.29, 0.717) is 0 Å². The second kappa shape index (κ2) is 3.95. The van der Waals surface area contributed by atoms with E-state index in [1.165, 1.54) is 26.1 Å². The quantitative estimate of drug-likeness (QED) is 0.727. The van der Waals surface area contributed by atoms with Crippen molar-refractivity contribution in [2.24, 2.45) is 0 Å². The molecule has 0 atom stereocenters. The van der Waals surface area contributed by atoms with Crippen LogP contribution in [0, 0.1) is 5.82 Å². The molecule has 0 bridgehead atoms. The Hall–Kier alpha value is -1.78. The molecule has 1 N–H and O–H groups in total. The average Bonchev–Trinajstić information content (AvgIpc) is 2.07. The topological polar surface area (TPSA) is 59.1 Å². The third-order valence-corrected chi connectivity index (χ3v) is 1.56. The van der Waals surface area contributed by atoms with Crippen LogP contribution >= 0.6 is 0 Å². The fraction of sp³-hybridized carbons (Fsp3) is 0.222. The molecule has 74 valence electrons. The number of nitrogens with one attached hydrogen (secondary N) is 1. The first-order valence-electron chi connectivity index (χ1n) is 3.95. The Morgan fingerprint density at radius 1 is 1.43 bits per heavy atom. The predicted octanol–water partition coefficient (Wildman–Crippen LogP) is 1.38. The summed E-state index contributed by atoms with van der Waals surface area (Å²) >= 11 is 0. The summed E-state index contributed by atoms with van der Waals surface area (Å²) in [7, 11) is 0.